The average molecular weight is 557 g/mol. The number of alkyl halides is 6. The lowest BCUT2D eigenvalue weighted by Gasteiger charge is -2.07. The van der Waals surface area contributed by atoms with E-state index in [0.717, 1.165) is 43.8 Å². The smallest absolute Gasteiger partial charge is 0.192 e. The predicted molar refractivity (Wildman–Crippen MR) is 137 cm³/mol. The minimum Gasteiger partial charge on any atom is -0.192 e. The maximum absolute atomic E-state index is 12.8. The van der Waals surface area contributed by atoms with Crippen molar-refractivity contribution in [3.05, 3.63) is 105 Å². The van der Waals surface area contributed by atoms with E-state index in [1.807, 2.05) is 24.3 Å². The Morgan fingerprint density at radius 1 is 0.553 bits per heavy atom. The van der Waals surface area contributed by atoms with Gasteiger partial charge >= 0.3 is 12.4 Å². The second-order valence-electron chi connectivity index (χ2n) is 7.89. The van der Waals surface area contributed by atoms with Crippen LogP contribution in [0.1, 0.15) is 32.0 Å². The molecule has 0 atom stereocenters. The van der Waals surface area contributed by atoms with Crippen molar-refractivity contribution >= 4 is 46.0 Å². The molecule has 2 heterocycles. The zero-order valence-electron chi connectivity index (χ0n) is 19.1. The number of benzene rings is 2. The predicted octanol–water partition coefficient (Wildman–Crippen LogP) is 9.64. The summed E-state index contributed by atoms with van der Waals surface area (Å²) in [5.74, 6) is 0. The molecular formula is C28H14F6N2S2. The maximum Gasteiger partial charge on any atom is 0.416 e. The molecule has 38 heavy (non-hydrogen) atoms. The van der Waals surface area contributed by atoms with Crippen LogP contribution in [0.2, 0.25) is 0 Å². The number of hydrogen-bond donors (Lipinski definition) is 0. The molecule has 0 N–H and O–H groups in total. The van der Waals surface area contributed by atoms with Crippen LogP contribution in [0.5, 0.6) is 0 Å². The summed E-state index contributed by atoms with van der Waals surface area (Å²) in [5.41, 5.74) is -0.415. The fourth-order valence-corrected chi connectivity index (χ4v) is 5.44. The average Bonchev–Trinajstić information content (AvgIpc) is 3.54. The molecule has 0 saturated heterocycles. The van der Waals surface area contributed by atoms with Crippen LogP contribution in [0.25, 0.3) is 33.1 Å². The quantitative estimate of drug-likeness (QED) is 0.182. The molecule has 2 aromatic carbocycles. The molecule has 0 aliphatic rings. The van der Waals surface area contributed by atoms with Crippen molar-refractivity contribution in [3.63, 3.8) is 0 Å². The Morgan fingerprint density at radius 3 is 1.18 bits per heavy atom. The molecule has 0 radical (unpaired) electrons. The standard InChI is InChI=1S/C28H14F6N2S2/c29-27(30,31)21-5-1-17(2-6-21)19(15-35)13-23-9-11-25(37-23)26-12-10-24(38-26)14-20(16-36)18-3-7-22(8-4-18)28(32,33)34/h1-14H/b19-13+,20-14+. The lowest BCUT2D eigenvalue weighted by molar-refractivity contribution is -0.138. The highest BCUT2D eigenvalue weighted by molar-refractivity contribution is 7.23. The van der Waals surface area contributed by atoms with Crippen molar-refractivity contribution in [1.82, 2.24) is 0 Å². The van der Waals surface area contributed by atoms with Gasteiger partial charge in [0.15, 0.2) is 0 Å². The first-order valence-electron chi connectivity index (χ1n) is 10.8. The van der Waals surface area contributed by atoms with Crippen molar-refractivity contribution in [2.45, 2.75) is 12.4 Å². The fourth-order valence-electron chi connectivity index (χ4n) is 3.45. The van der Waals surface area contributed by atoms with E-state index < -0.39 is 23.5 Å². The van der Waals surface area contributed by atoms with Gasteiger partial charge in [-0.2, -0.15) is 36.9 Å². The monoisotopic (exact) mass is 556 g/mol. The second-order valence-corrected chi connectivity index (χ2v) is 10.1. The van der Waals surface area contributed by atoms with E-state index >= 15 is 0 Å². The fraction of sp³-hybridized carbons (Fsp3) is 0.0714. The van der Waals surface area contributed by atoms with E-state index in [4.69, 9.17) is 0 Å². The number of thiophene rings is 2. The number of nitriles is 2. The van der Waals surface area contributed by atoms with E-state index in [0.29, 0.717) is 11.1 Å². The van der Waals surface area contributed by atoms with Gasteiger partial charge in [0.25, 0.3) is 0 Å². The van der Waals surface area contributed by atoms with Gasteiger partial charge in [0, 0.05) is 19.5 Å². The van der Waals surface area contributed by atoms with Gasteiger partial charge in [0.2, 0.25) is 0 Å². The highest BCUT2D eigenvalue weighted by atomic mass is 32.1. The van der Waals surface area contributed by atoms with Gasteiger partial charge in [-0.15, -0.1) is 22.7 Å². The molecule has 0 aliphatic heterocycles. The van der Waals surface area contributed by atoms with Gasteiger partial charge in [-0.05, 0) is 71.8 Å². The lowest BCUT2D eigenvalue weighted by atomic mass is 10.0. The lowest BCUT2D eigenvalue weighted by Crippen LogP contribution is -2.04. The van der Waals surface area contributed by atoms with Gasteiger partial charge in [0.05, 0.1) is 34.4 Å². The van der Waals surface area contributed by atoms with Gasteiger partial charge in [0.1, 0.15) is 0 Å². The topological polar surface area (TPSA) is 47.6 Å². The Kier molecular flexibility index (Phi) is 7.58. The Balaban J connectivity index is 1.54. The first-order chi connectivity index (χ1) is 18.0. The summed E-state index contributed by atoms with van der Waals surface area (Å²) >= 11 is 2.76. The number of allylic oxidation sites excluding steroid dienone is 2. The van der Waals surface area contributed by atoms with Crippen LogP contribution >= 0.6 is 22.7 Å². The van der Waals surface area contributed by atoms with Crippen LogP contribution in [0.3, 0.4) is 0 Å². The van der Waals surface area contributed by atoms with E-state index in [-0.39, 0.29) is 11.1 Å². The van der Waals surface area contributed by atoms with Crippen molar-refractivity contribution in [1.29, 1.82) is 10.5 Å². The third-order valence-electron chi connectivity index (χ3n) is 5.36. The molecule has 4 aromatic rings. The van der Waals surface area contributed by atoms with E-state index in [1.54, 1.807) is 24.3 Å². The minimum atomic E-state index is -4.46. The van der Waals surface area contributed by atoms with E-state index in [1.165, 1.54) is 46.9 Å². The highest BCUT2D eigenvalue weighted by Gasteiger charge is 2.30. The second kappa shape index (κ2) is 10.7. The van der Waals surface area contributed by atoms with Gasteiger partial charge in [-0.1, -0.05) is 24.3 Å². The van der Waals surface area contributed by atoms with Crippen molar-refractivity contribution in [2.75, 3.05) is 0 Å². The molecule has 0 amide bonds. The van der Waals surface area contributed by atoms with Crippen LogP contribution < -0.4 is 0 Å². The Morgan fingerprint density at radius 2 is 0.895 bits per heavy atom. The number of rotatable bonds is 5. The third-order valence-corrected chi connectivity index (χ3v) is 7.62. The maximum atomic E-state index is 12.8. The SMILES string of the molecule is N#C/C(=C\c1ccc(-c2ccc(/C=C(\C#N)c3ccc(C(F)(F)F)cc3)s2)s1)c1ccc(C(F)(F)F)cc1. The molecule has 2 nitrogen and oxygen atoms in total. The van der Waals surface area contributed by atoms with E-state index in [9.17, 15) is 36.9 Å². The van der Waals surface area contributed by atoms with Gasteiger partial charge in [-0.3, -0.25) is 0 Å². The first-order valence-corrected chi connectivity index (χ1v) is 12.4. The molecule has 0 aliphatic carbocycles. The summed E-state index contributed by atoms with van der Waals surface area (Å²) in [5, 5.41) is 19.1. The molecule has 0 bridgehead atoms. The van der Waals surface area contributed by atoms with Crippen molar-refractivity contribution in [3.8, 4) is 21.9 Å². The Hall–Kier alpha value is -4.12. The summed E-state index contributed by atoms with van der Waals surface area (Å²) < 4.78 is 76.9. The molecule has 2 aromatic heterocycles. The van der Waals surface area contributed by atoms with Crippen LogP contribution in [0.15, 0.2) is 72.8 Å². The van der Waals surface area contributed by atoms with E-state index in [2.05, 4.69) is 0 Å². The summed E-state index contributed by atoms with van der Waals surface area (Å²) in [6, 6.07) is 20.1. The minimum absolute atomic E-state index is 0.220. The number of hydrogen-bond acceptors (Lipinski definition) is 4. The zero-order valence-corrected chi connectivity index (χ0v) is 20.7. The molecule has 10 heteroatoms. The third kappa shape index (κ3) is 6.23. The van der Waals surface area contributed by atoms with Crippen molar-refractivity contribution < 1.29 is 26.3 Å². The summed E-state index contributed by atoms with van der Waals surface area (Å²) in [6.07, 6.45) is -5.72. The normalized spacial score (nSPS) is 12.7. The summed E-state index contributed by atoms with van der Waals surface area (Å²) in [7, 11) is 0. The Labute approximate surface area is 221 Å². The highest BCUT2D eigenvalue weighted by Crippen LogP contribution is 2.37. The van der Waals surface area contributed by atoms with Crippen LogP contribution in [0, 0.1) is 22.7 Å². The van der Waals surface area contributed by atoms with Crippen molar-refractivity contribution in [2.24, 2.45) is 0 Å². The van der Waals surface area contributed by atoms with Gasteiger partial charge in [-0.25, -0.2) is 0 Å². The van der Waals surface area contributed by atoms with Crippen LogP contribution in [-0.4, -0.2) is 0 Å². The first kappa shape index (κ1) is 26.9. The largest absolute Gasteiger partial charge is 0.416 e. The molecule has 0 fully saturated rings. The number of nitrogens with zero attached hydrogens (tertiary/aromatic N) is 2. The summed E-state index contributed by atoms with van der Waals surface area (Å²) in [6.45, 7) is 0. The molecule has 190 valence electrons. The summed E-state index contributed by atoms with van der Waals surface area (Å²) in [4.78, 5) is 3.20. The van der Waals surface area contributed by atoms with Crippen LogP contribution in [0.4, 0.5) is 26.3 Å². The molecule has 0 saturated carbocycles. The molecule has 0 unspecified atom stereocenters. The molecule has 4 rings (SSSR count). The molecule has 0 spiro atoms. The zero-order chi connectivity index (χ0) is 27.5. The number of halogens is 6. The molecular weight excluding hydrogens is 542 g/mol. The van der Waals surface area contributed by atoms with Gasteiger partial charge < -0.3 is 0 Å². The Bertz CT molecular complexity index is 1470. The van der Waals surface area contributed by atoms with Crippen LogP contribution in [-0.2, 0) is 12.4 Å².